The molecule has 11 heavy (non-hydrogen) atoms. The van der Waals surface area contributed by atoms with Gasteiger partial charge in [-0.1, -0.05) is 0 Å². The molecule has 0 nitrogen and oxygen atoms in total. The van der Waals surface area contributed by atoms with Crippen molar-refractivity contribution >= 4 is 22.9 Å². The lowest BCUT2D eigenvalue weighted by atomic mass is 10.1. The van der Waals surface area contributed by atoms with Crippen LogP contribution < -0.4 is 0 Å². The molecule has 62 valence electrons. The molecule has 1 heterocycles. The standard InChI is InChI=1S/C9H13ClS/c1-7(10)3-4-9-5-6-11-8(9)2/h5-7H,3-4H2,1-2H3. The Bertz CT molecular complexity index is 215. The molecule has 0 fully saturated rings. The van der Waals surface area contributed by atoms with Crippen LogP contribution in [0.5, 0.6) is 0 Å². The van der Waals surface area contributed by atoms with Crippen LogP contribution in [0.15, 0.2) is 11.4 Å². The molecular formula is C9H13ClS. The van der Waals surface area contributed by atoms with Crippen LogP contribution in [0, 0.1) is 6.92 Å². The molecule has 0 saturated carbocycles. The van der Waals surface area contributed by atoms with Gasteiger partial charge in [0.15, 0.2) is 0 Å². The van der Waals surface area contributed by atoms with Crippen molar-refractivity contribution in [3.8, 4) is 0 Å². The van der Waals surface area contributed by atoms with Crippen LogP contribution >= 0.6 is 22.9 Å². The predicted octanol–water partition coefficient (Wildman–Crippen LogP) is 3.62. The second-order valence-corrected chi connectivity index (χ2v) is 4.69. The van der Waals surface area contributed by atoms with E-state index in [1.807, 2.05) is 18.3 Å². The number of rotatable bonds is 3. The Kier molecular flexibility index (Phi) is 3.41. The van der Waals surface area contributed by atoms with Gasteiger partial charge in [-0.05, 0) is 43.7 Å². The summed E-state index contributed by atoms with van der Waals surface area (Å²) in [5.41, 5.74) is 1.46. The fourth-order valence-electron chi connectivity index (χ4n) is 1.03. The van der Waals surface area contributed by atoms with Gasteiger partial charge >= 0.3 is 0 Å². The van der Waals surface area contributed by atoms with Gasteiger partial charge in [0.05, 0.1) is 0 Å². The molecule has 0 aliphatic rings. The summed E-state index contributed by atoms with van der Waals surface area (Å²) in [5, 5.41) is 2.44. The van der Waals surface area contributed by atoms with Crippen LogP contribution in [0.3, 0.4) is 0 Å². The van der Waals surface area contributed by atoms with E-state index in [1.54, 1.807) is 0 Å². The zero-order valence-electron chi connectivity index (χ0n) is 6.93. The second kappa shape index (κ2) is 4.13. The van der Waals surface area contributed by atoms with E-state index >= 15 is 0 Å². The summed E-state index contributed by atoms with van der Waals surface area (Å²) in [4.78, 5) is 1.43. The fraction of sp³-hybridized carbons (Fsp3) is 0.556. The van der Waals surface area contributed by atoms with E-state index in [2.05, 4.69) is 18.4 Å². The van der Waals surface area contributed by atoms with Crippen LogP contribution in [0.1, 0.15) is 23.8 Å². The highest BCUT2D eigenvalue weighted by atomic mass is 35.5. The smallest absolute Gasteiger partial charge is 0.0311 e. The van der Waals surface area contributed by atoms with E-state index in [9.17, 15) is 0 Å². The van der Waals surface area contributed by atoms with Crippen molar-refractivity contribution in [2.24, 2.45) is 0 Å². The Hall–Kier alpha value is -0.0100. The van der Waals surface area contributed by atoms with Gasteiger partial charge in [0.2, 0.25) is 0 Å². The third kappa shape index (κ3) is 2.84. The third-order valence-corrected chi connectivity index (χ3v) is 2.88. The van der Waals surface area contributed by atoms with Crippen molar-refractivity contribution in [2.75, 3.05) is 0 Å². The highest BCUT2D eigenvalue weighted by molar-refractivity contribution is 7.10. The van der Waals surface area contributed by atoms with Crippen molar-refractivity contribution < 1.29 is 0 Å². The molecule has 0 N–H and O–H groups in total. The average Bonchev–Trinajstić information content (AvgIpc) is 2.31. The first-order valence-corrected chi connectivity index (χ1v) is 5.19. The highest BCUT2D eigenvalue weighted by Gasteiger charge is 2.01. The van der Waals surface area contributed by atoms with Crippen molar-refractivity contribution in [3.05, 3.63) is 21.9 Å². The van der Waals surface area contributed by atoms with Crippen molar-refractivity contribution in [3.63, 3.8) is 0 Å². The van der Waals surface area contributed by atoms with Gasteiger partial charge in [-0.25, -0.2) is 0 Å². The molecular weight excluding hydrogens is 176 g/mol. The molecule has 0 aliphatic heterocycles. The van der Waals surface area contributed by atoms with E-state index in [0.717, 1.165) is 12.8 Å². The molecule has 0 amide bonds. The average molecular weight is 189 g/mol. The molecule has 1 aromatic heterocycles. The van der Waals surface area contributed by atoms with Crippen molar-refractivity contribution in [1.29, 1.82) is 0 Å². The summed E-state index contributed by atoms with van der Waals surface area (Å²) in [6.07, 6.45) is 2.21. The highest BCUT2D eigenvalue weighted by Crippen LogP contribution is 2.18. The molecule has 2 heteroatoms. The lowest BCUT2D eigenvalue weighted by Gasteiger charge is -2.01. The number of alkyl halides is 1. The monoisotopic (exact) mass is 188 g/mol. The topological polar surface area (TPSA) is 0 Å². The normalized spacial score (nSPS) is 13.4. The Morgan fingerprint density at radius 1 is 1.64 bits per heavy atom. The maximum atomic E-state index is 5.85. The molecule has 0 bridgehead atoms. The Morgan fingerprint density at radius 2 is 2.36 bits per heavy atom. The molecule has 0 aromatic carbocycles. The summed E-state index contributed by atoms with van der Waals surface area (Å²) in [5.74, 6) is 0. The van der Waals surface area contributed by atoms with Crippen LogP contribution in [0.2, 0.25) is 0 Å². The lowest BCUT2D eigenvalue weighted by Crippen LogP contribution is -1.94. The maximum Gasteiger partial charge on any atom is 0.0311 e. The van der Waals surface area contributed by atoms with E-state index in [1.165, 1.54) is 10.4 Å². The summed E-state index contributed by atoms with van der Waals surface area (Å²) in [7, 11) is 0. The summed E-state index contributed by atoms with van der Waals surface area (Å²) < 4.78 is 0. The number of hydrogen-bond donors (Lipinski definition) is 0. The minimum atomic E-state index is 0.300. The Labute approximate surface area is 77.2 Å². The van der Waals surface area contributed by atoms with Gasteiger partial charge < -0.3 is 0 Å². The van der Waals surface area contributed by atoms with Crippen molar-refractivity contribution in [2.45, 2.75) is 32.1 Å². The summed E-state index contributed by atoms with van der Waals surface area (Å²) >= 11 is 7.66. The van der Waals surface area contributed by atoms with E-state index in [4.69, 9.17) is 11.6 Å². The number of aryl methyl sites for hydroxylation is 2. The van der Waals surface area contributed by atoms with Crippen LogP contribution in [-0.4, -0.2) is 5.38 Å². The molecule has 1 rings (SSSR count). The first kappa shape index (κ1) is 9.08. The van der Waals surface area contributed by atoms with Gasteiger partial charge in [0.25, 0.3) is 0 Å². The Balaban J connectivity index is 2.44. The Morgan fingerprint density at radius 3 is 2.82 bits per heavy atom. The van der Waals surface area contributed by atoms with E-state index in [-0.39, 0.29) is 0 Å². The molecule has 1 unspecified atom stereocenters. The summed E-state index contributed by atoms with van der Waals surface area (Å²) in [6.45, 7) is 4.21. The van der Waals surface area contributed by atoms with Crippen LogP contribution in [-0.2, 0) is 6.42 Å². The van der Waals surface area contributed by atoms with Gasteiger partial charge in [-0.2, -0.15) is 0 Å². The minimum Gasteiger partial charge on any atom is -0.149 e. The van der Waals surface area contributed by atoms with Crippen LogP contribution in [0.4, 0.5) is 0 Å². The molecule has 0 saturated heterocycles. The zero-order valence-corrected chi connectivity index (χ0v) is 8.50. The predicted molar refractivity (Wildman–Crippen MR) is 52.7 cm³/mol. The second-order valence-electron chi connectivity index (χ2n) is 2.82. The fourth-order valence-corrected chi connectivity index (χ4v) is 1.89. The quantitative estimate of drug-likeness (QED) is 0.636. The van der Waals surface area contributed by atoms with E-state index in [0.29, 0.717) is 5.38 Å². The van der Waals surface area contributed by atoms with Crippen LogP contribution in [0.25, 0.3) is 0 Å². The number of hydrogen-bond acceptors (Lipinski definition) is 1. The molecule has 1 aromatic rings. The van der Waals surface area contributed by atoms with E-state index < -0.39 is 0 Å². The first-order chi connectivity index (χ1) is 5.20. The molecule has 0 spiro atoms. The third-order valence-electron chi connectivity index (χ3n) is 1.78. The minimum absolute atomic E-state index is 0.300. The number of thiophene rings is 1. The molecule has 1 atom stereocenters. The van der Waals surface area contributed by atoms with Gasteiger partial charge in [-0.15, -0.1) is 22.9 Å². The zero-order chi connectivity index (χ0) is 8.27. The number of halogens is 1. The molecule has 0 aliphatic carbocycles. The van der Waals surface area contributed by atoms with Gasteiger partial charge in [0.1, 0.15) is 0 Å². The SMILES string of the molecule is Cc1sccc1CCC(C)Cl. The first-order valence-electron chi connectivity index (χ1n) is 3.87. The lowest BCUT2D eigenvalue weighted by molar-refractivity contribution is 0.802. The van der Waals surface area contributed by atoms with Gasteiger partial charge in [0, 0.05) is 10.3 Å². The maximum absolute atomic E-state index is 5.85. The van der Waals surface area contributed by atoms with Gasteiger partial charge in [-0.3, -0.25) is 0 Å². The van der Waals surface area contributed by atoms with Crippen molar-refractivity contribution in [1.82, 2.24) is 0 Å². The molecule has 0 radical (unpaired) electrons. The summed E-state index contributed by atoms with van der Waals surface area (Å²) in [6, 6.07) is 2.19. The largest absolute Gasteiger partial charge is 0.149 e.